The summed E-state index contributed by atoms with van der Waals surface area (Å²) < 4.78 is 5.59. The van der Waals surface area contributed by atoms with E-state index in [1.54, 1.807) is 25.7 Å². The highest BCUT2D eigenvalue weighted by Crippen LogP contribution is 2.44. The van der Waals surface area contributed by atoms with Crippen LogP contribution in [0.5, 0.6) is 0 Å². The van der Waals surface area contributed by atoms with Crippen molar-refractivity contribution in [1.29, 1.82) is 0 Å². The molecule has 1 fully saturated rings. The van der Waals surface area contributed by atoms with Crippen LogP contribution in [-0.4, -0.2) is 46.0 Å². The lowest BCUT2D eigenvalue weighted by atomic mass is 9.81. The number of carbonyl (C=O) groups excluding carboxylic acids is 2. The molecule has 0 radical (unpaired) electrons. The van der Waals surface area contributed by atoms with E-state index >= 15 is 0 Å². The van der Waals surface area contributed by atoms with Crippen molar-refractivity contribution in [2.24, 2.45) is 5.41 Å². The molecule has 0 aromatic heterocycles. The Morgan fingerprint density at radius 1 is 1.38 bits per heavy atom. The van der Waals surface area contributed by atoms with Gasteiger partial charge in [0.15, 0.2) is 0 Å². The fraction of sp³-hybridized carbons (Fsp3) is 0.600. The summed E-state index contributed by atoms with van der Waals surface area (Å²) in [6, 6.07) is 9.43. The number of benzene rings is 1. The maximum atomic E-state index is 13.0. The number of alkyl halides is 1. The van der Waals surface area contributed by atoms with Gasteiger partial charge in [-0.05, 0) is 46.1 Å². The summed E-state index contributed by atoms with van der Waals surface area (Å²) in [7, 11) is 0. The van der Waals surface area contributed by atoms with Crippen molar-refractivity contribution in [3.63, 3.8) is 0 Å². The van der Waals surface area contributed by atoms with Crippen LogP contribution in [0.15, 0.2) is 30.3 Å². The number of esters is 1. The highest BCUT2D eigenvalue weighted by Gasteiger charge is 2.58. The van der Waals surface area contributed by atoms with Gasteiger partial charge in [0.25, 0.3) is 0 Å². The molecule has 1 amide bonds. The zero-order chi connectivity index (χ0) is 19.5. The molecule has 5 nitrogen and oxygen atoms in total. The second kappa shape index (κ2) is 7.97. The van der Waals surface area contributed by atoms with Gasteiger partial charge in [0.2, 0.25) is 5.91 Å². The highest BCUT2D eigenvalue weighted by atomic mass is 35.5. The number of ether oxygens (including phenoxy) is 1. The van der Waals surface area contributed by atoms with Crippen LogP contribution in [0.3, 0.4) is 0 Å². The SMILES string of the molecule is C[C@H](c1ccccc1)N1C[C@@](CCCO)(C(=O)OC(C)(C)C)C(Cl)C1=O. The minimum absolute atomic E-state index is 0.0728. The van der Waals surface area contributed by atoms with Gasteiger partial charge in [0.1, 0.15) is 16.4 Å². The molecule has 0 spiro atoms. The molecular formula is C20H28ClNO4. The molecule has 0 saturated carbocycles. The Hall–Kier alpha value is -1.59. The van der Waals surface area contributed by atoms with Gasteiger partial charge >= 0.3 is 5.97 Å². The first-order chi connectivity index (χ1) is 12.1. The lowest BCUT2D eigenvalue weighted by Crippen LogP contribution is -2.44. The summed E-state index contributed by atoms with van der Waals surface area (Å²) in [6.45, 7) is 7.40. The van der Waals surface area contributed by atoms with Gasteiger partial charge in [-0.25, -0.2) is 0 Å². The van der Waals surface area contributed by atoms with Gasteiger partial charge in [-0.1, -0.05) is 30.3 Å². The lowest BCUT2D eigenvalue weighted by molar-refractivity contribution is -0.167. The first-order valence-corrected chi connectivity index (χ1v) is 9.40. The average molecular weight is 382 g/mol. The number of halogens is 1. The Balaban J connectivity index is 2.34. The molecule has 1 heterocycles. The van der Waals surface area contributed by atoms with E-state index < -0.39 is 22.4 Å². The molecule has 0 aliphatic carbocycles. The molecule has 1 aromatic rings. The van der Waals surface area contributed by atoms with Crippen molar-refractivity contribution in [3.8, 4) is 0 Å². The van der Waals surface area contributed by atoms with Crippen molar-refractivity contribution in [1.82, 2.24) is 4.90 Å². The summed E-state index contributed by atoms with van der Waals surface area (Å²) >= 11 is 6.50. The molecule has 26 heavy (non-hydrogen) atoms. The number of rotatable bonds is 6. The van der Waals surface area contributed by atoms with Crippen LogP contribution in [0, 0.1) is 5.41 Å². The molecule has 1 saturated heterocycles. The van der Waals surface area contributed by atoms with E-state index in [9.17, 15) is 14.7 Å². The molecule has 3 atom stereocenters. The Morgan fingerprint density at radius 2 is 2.00 bits per heavy atom. The van der Waals surface area contributed by atoms with Crippen LogP contribution in [0.2, 0.25) is 0 Å². The topological polar surface area (TPSA) is 66.8 Å². The Bertz CT molecular complexity index is 643. The van der Waals surface area contributed by atoms with Crippen LogP contribution >= 0.6 is 11.6 Å². The van der Waals surface area contributed by atoms with Gasteiger partial charge < -0.3 is 14.7 Å². The lowest BCUT2D eigenvalue weighted by Gasteiger charge is -2.33. The Labute approximate surface area is 160 Å². The summed E-state index contributed by atoms with van der Waals surface area (Å²) in [5.41, 5.74) is -0.856. The third-order valence-electron chi connectivity index (χ3n) is 4.77. The molecule has 0 bridgehead atoms. The highest BCUT2D eigenvalue weighted by molar-refractivity contribution is 6.33. The quantitative estimate of drug-likeness (QED) is 0.606. The van der Waals surface area contributed by atoms with Gasteiger partial charge in [0.05, 0.1) is 6.04 Å². The molecule has 1 unspecified atom stereocenters. The van der Waals surface area contributed by atoms with Crippen LogP contribution < -0.4 is 0 Å². The number of amides is 1. The van der Waals surface area contributed by atoms with E-state index in [0.29, 0.717) is 12.8 Å². The summed E-state index contributed by atoms with van der Waals surface area (Å²) in [4.78, 5) is 27.5. The van der Waals surface area contributed by atoms with E-state index in [4.69, 9.17) is 16.3 Å². The predicted molar refractivity (Wildman–Crippen MR) is 101 cm³/mol. The van der Waals surface area contributed by atoms with Gasteiger partial charge in [0, 0.05) is 13.2 Å². The zero-order valence-electron chi connectivity index (χ0n) is 15.9. The number of carbonyl (C=O) groups is 2. The fourth-order valence-corrected chi connectivity index (χ4v) is 3.73. The monoisotopic (exact) mass is 381 g/mol. The second-order valence-corrected chi connectivity index (χ2v) is 8.34. The maximum Gasteiger partial charge on any atom is 0.316 e. The van der Waals surface area contributed by atoms with Crippen LogP contribution in [-0.2, 0) is 14.3 Å². The number of hydrogen-bond acceptors (Lipinski definition) is 4. The number of aliphatic hydroxyl groups is 1. The standard InChI is InChI=1S/C20H28ClNO4/c1-14(15-9-6-5-7-10-15)22-13-20(11-8-12-23,16(21)17(22)24)18(25)26-19(2,3)4/h5-7,9-10,14,16,23H,8,11-13H2,1-4H3/t14-,16?,20-/m1/s1. The van der Waals surface area contributed by atoms with E-state index in [0.717, 1.165) is 5.56 Å². The van der Waals surface area contributed by atoms with Crippen molar-refractivity contribution >= 4 is 23.5 Å². The van der Waals surface area contributed by atoms with Crippen molar-refractivity contribution in [3.05, 3.63) is 35.9 Å². The summed E-state index contributed by atoms with van der Waals surface area (Å²) in [6.07, 6.45) is 0.680. The number of likely N-dealkylation sites (tertiary alicyclic amines) is 1. The van der Waals surface area contributed by atoms with E-state index in [-0.39, 0.29) is 25.1 Å². The first kappa shape index (κ1) is 20.7. The summed E-state index contributed by atoms with van der Waals surface area (Å²) in [5, 5.41) is 8.26. The Morgan fingerprint density at radius 3 is 2.54 bits per heavy atom. The van der Waals surface area contributed by atoms with E-state index in [1.165, 1.54) is 0 Å². The van der Waals surface area contributed by atoms with Crippen molar-refractivity contribution in [2.75, 3.05) is 13.2 Å². The minimum atomic E-state index is -1.16. The van der Waals surface area contributed by atoms with Crippen LogP contribution in [0.1, 0.15) is 52.1 Å². The van der Waals surface area contributed by atoms with Crippen LogP contribution in [0.4, 0.5) is 0 Å². The van der Waals surface area contributed by atoms with E-state index in [2.05, 4.69) is 0 Å². The third-order valence-corrected chi connectivity index (χ3v) is 5.38. The molecular weight excluding hydrogens is 354 g/mol. The molecule has 144 valence electrons. The van der Waals surface area contributed by atoms with Crippen molar-refractivity contribution in [2.45, 2.75) is 57.6 Å². The first-order valence-electron chi connectivity index (χ1n) is 8.96. The maximum absolute atomic E-state index is 13.0. The molecule has 1 aliphatic heterocycles. The second-order valence-electron chi connectivity index (χ2n) is 7.90. The minimum Gasteiger partial charge on any atom is -0.459 e. The zero-order valence-corrected chi connectivity index (χ0v) is 16.6. The molecule has 1 N–H and O–H groups in total. The Kier molecular flexibility index (Phi) is 6.35. The number of nitrogens with zero attached hydrogens (tertiary/aromatic N) is 1. The smallest absolute Gasteiger partial charge is 0.316 e. The fourth-order valence-electron chi connectivity index (χ4n) is 3.33. The molecule has 2 rings (SSSR count). The van der Waals surface area contributed by atoms with E-state index in [1.807, 2.05) is 37.3 Å². The average Bonchev–Trinajstić information content (AvgIpc) is 2.84. The molecule has 6 heteroatoms. The largest absolute Gasteiger partial charge is 0.459 e. The van der Waals surface area contributed by atoms with Gasteiger partial charge in [-0.3, -0.25) is 9.59 Å². The molecule has 1 aromatic carbocycles. The molecule has 1 aliphatic rings. The third kappa shape index (κ3) is 4.21. The predicted octanol–water partition coefficient (Wildman–Crippen LogP) is 3.30. The van der Waals surface area contributed by atoms with Crippen LogP contribution in [0.25, 0.3) is 0 Å². The van der Waals surface area contributed by atoms with Gasteiger partial charge in [-0.15, -0.1) is 11.6 Å². The summed E-state index contributed by atoms with van der Waals surface area (Å²) in [5.74, 6) is -0.749. The number of aliphatic hydroxyl groups excluding tert-OH is 1. The van der Waals surface area contributed by atoms with Gasteiger partial charge in [-0.2, -0.15) is 0 Å². The normalized spacial score (nSPS) is 24.6. The van der Waals surface area contributed by atoms with Crippen molar-refractivity contribution < 1.29 is 19.4 Å². The number of hydrogen-bond donors (Lipinski definition) is 1.